The van der Waals surface area contributed by atoms with Crippen LogP contribution in [0.15, 0.2) is 182 Å². The Morgan fingerprint density at radius 3 is 1.64 bits per heavy atom. The molecule has 0 aliphatic rings. The first kappa shape index (κ1) is 16.9. The molecule has 8 aromatic carbocycles. The van der Waals surface area contributed by atoms with Crippen molar-refractivity contribution in [3.8, 4) is 50.5 Å². The van der Waals surface area contributed by atoms with Crippen LogP contribution in [-0.2, 0) is 0 Å². The van der Waals surface area contributed by atoms with Crippen LogP contribution in [0.1, 0.15) is 17.8 Å². The summed E-state index contributed by atoms with van der Waals surface area (Å²) in [5.41, 5.74) is 3.85. The molecule has 0 amide bonds. The van der Waals surface area contributed by atoms with E-state index in [2.05, 4.69) is 0 Å². The summed E-state index contributed by atoms with van der Waals surface area (Å²) in [6.45, 7) is 0. The molecule has 0 unspecified atom stereocenters. The van der Waals surface area contributed by atoms with Gasteiger partial charge in [0.05, 0.1) is 28.9 Å². The predicted octanol–water partition coefficient (Wildman–Crippen LogP) is 12.0. The Hall–Kier alpha value is -6.25. The lowest BCUT2D eigenvalue weighted by Gasteiger charge is -2.20. The summed E-state index contributed by atoms with van der Waals surface area (Å²) in [5, 5.41) is -0.172. The Kier molecular flexibility index (Phi) is 4.05. The molecule has 0 N–H and O–H groups in total. The average Bonchev–Trinajstić information content (AvgIpc) is 3.67. The van der Waals surface area contributed by atoms with E-state index in [9.17, 15) is 5.48 Å². The van der Waals surface area contributed by atoms with E-state index >= 15 is 0 Å². The minimum absolute atomic E-state index is 0.00152. The van der Waals surface area contributed by atoms with Crippen molar-refractivity contribution in [3.63, 3.8) is 0 Å². The number of nitrogens with zero attached hydrogens (tertiary/aromatic N) is 2. The minimum Gasteiger partial charge on any atom is -0.292 e. The van der Waals surface area contributed by atoms with Crippen LogP contribution < -0.4 is 0 Å². The lowest BCUT2D eigenvalue weighted by atomic mass is 9.84. The fraction of sp³-hybridized carbons (Fsp3) is 0. The molecule has 0 saturated carbocycles. The van der Waals surface area contributed by atoms with Crippen LogP contribution in [0, 0.1) is 0 Å². The molecule has 0 spiro atoms. The van der Waals surface area contributed by atoms with Crippen LogP contribution >= 0.6 is 0 Å². The molecule has 9 rings (SSSR count). The Bertz CT molecular complexity index is 3180. The molecule has 0 saturated heterocycles. The molecule has 2 heteroatoms. The lowest BCUT2D eigenvalue weighted by Crippen LogP contribution is -1.97. The number of hydrogen-bond donors (Lipinski definition) is 0. The number of hydrogen-bond acceptors (Lipinski definition) is 1. The maximum atomic E-state index is 9.38. The fourth-order valence-electron chi connectivity index (χ4n) is 6.33. The van der Waals surface area contributed by atoms with E-state index in [1.54, 1.807) is 30.3 Å². The fourth-order valence-corrected chi connectivity index (χ4v) is 6.33. The van der Waals surface area contributed by atoms with E-state index in [0.29, 0.717) is 17.0 Å². The third-order valence-electron chi connectivity index (χ3n) is 8.35. The largest absolute Gasteiger partial charge is 0.292 e. The summed E-state index contributed by atoms with van der Waals surface area (Å²) in [6, 6.07) is 23.9. The first-order valence-corrected chi connectivity index (χ1v) is 15.0. The summed E-state index contributed by atoms with van der Waals surface area (Å²) in [5.74, 6) is 0.632. The summed E-state index contributed by atoms with van der Waals surface area (Å²) in [4.78, 5) is 4.96. The maximum absolute atomic E-state index is 9.38. The van der Waals surface area contributed by atoms with Crippen LogP contribution in [0.2, 0.25) is 0 Å². The van der Waals surface area contributed by atoms with Gasteiger partial charge in [0.15, 0.2) is 0 Å². The van der Waals surface area contributed by atoms with Gasteiger partial charge in [0.2, 0.25) is 0 Å². The quantitative estimate of drug-likeness (QED) is 0.177. The van der Waals surface area contributed by atoms with Crippen molar-refractivity contribution in [2.24, 2.45) is 0 Å². The molecule has 1 aromatic heterocycles. The first-order chi connectivity index (χ1) is 28.7. The van der Waals surface area contributed by atoms with Crippen LogP contribution in [0.5, 0.6) is 0 Å². The monoisotopic (exact) mass is 611 g/mol. The molecule has 9 aromatic rings. The highest BCUT2D eigenvalue weighted by atomic mass is 15.1. The van der Waals surface area contributed by atoms with Crippen molar-refractivity contribution in [3.05, 3.63) is 182 Å². The van der Waals surface area contributed by atoms with E-state index in [4.69, 9.17) is 17.3 Å². The summed E-state index contributed by atoms with van der Waals surface area (Å²) in [6.07, 6.45) is 0. The van der Waals surface area contributed by atoms with E-state index in [1.165, 1.54) is 6.07 Å². The minimum atomic E-state index is -0.599. The van der Waals surface area contributed by atoms with Gasteiger partial charge >= 0.3 is 0 Å². The maximum Gasteiger partial charge on any atom is 0.145 e. The van der Waals surface area contributed by atoms with Gasteiger partial charge in [-0.25, -0.2) is 4.98 Å². The van der Waals surface area contributed by atoms with Crippen LogP contribution in [0.25, 0.3) is 83.0 Å². The zero-order valence-corrected chi connectivity index (χ0v) is 24.7. The zero-order valence-electron chi connectivity index (χ0n) is 37.7. The highest BCUT2D eigenvalue weighted by Crippen LogP contribution is 2.46. The second kappa shape index (κ2) is 11.3. The van der Waals surface area contributed by atoms with Gasteiger partial charge in [-0.1, -0.05) is 157 Å². The zero-order chi connectivity index (χ0) is 42.5. The summed E-state index contributed by atoms with van der Waals surface area (Å²) >= 11 is 0. The number of rotatable bonds is 5. The van der Waals surface area contributed by atoms with Gasteiger partial charge in [-0.15, -0.1) is 0 Å². The van der Waals surface area contributed by atoms with Crippen molar-refractivity contribution in [1.82, 2.24) is 9.55 Å². The van der Waals surface area contributed by atoms with E-state index in [-0.39, 0.29) is 49.4 Å². The molecular weight excluding hydrogens is 569 g/mol. The molecular formula is C45H30N2. The Balaban J connectivity index is 1.42. The molecule has 0 atom stereocenters. The van der Waals surface area contributed by atoms with Crippen LogP contribution in [-0.4, -0.2) is 9.55 Å². The number of fused-ring (bicyclic) bond motifs is 3. The number of benzene rings is 8. The first-order valence-electron chi connectivity index (χ1n) is 21.5. The van der Waals surface area contributed by atoms with Crippen molar-refractivity contribution in [2.45, 2.75) is 0 Å². The number of imidazole rings is 1. The molecule has 220 valence electrons. The Morgan fingerprint density at radius 1 is 0.426 bits per heavy atom. The van der Waals surface area contributed by atoms with Gasteiger partial charge in [-0.2, -0.15) is 0 Å². The van der Waals surface area contributed by atoms with E-state index < -0.39 is 78.6 Å². The van der Waals surface area contributed by atoms with Crippen molar-refractivity contribution in [2.75, 3.05) is 0 Å². The second-order valence-electron chi connectivity index (χ2n) is 11.0. The van der Waals surface area contributed by atoms with Crippen molar-refractivity contribution in [1.29, 1.82) is 0 Å². The normalized spacial score (nSPS) is 15.3. The van der Waals surface area contributed by atoms with Gasteiger partial charge in [-0.05, 0) is 79.2 Å². The molecule has 2 nitrogen and oxygen atoms in total. The summed E-state index contributed by atoms with van der Waals surface area (Å²) in [7, 11) is 0. The van der Waals surface area contributed by atoms with Crippen LogP contribution in [0.4, 0.5) is 0 Å². The molecule has 0 fully saturated rings. The van der Waals surface area contributed by atoms with Gasteiger partial charge in [0, 0.05) is 11.3 Å². The van der Waals surface area contributed by atoms with Crippen molar-refractivity contribution >= 4 is 32.6 Å². The van der Waals surface area contributed by atoms with Gasteiger partial charge in [-0.3, -0.25) is 4.57 Å². The lowest BCUT2D eigenvalue weighted by molar-refractivity contribution is 1.10. The molecule has 0 aliphatic carbocycles. The molecule has 1 heterocycles. The SMILES string of the molecule is [2H]c1c([2H])c([2H])c(-c2ccccc2-c2c3c([2H])c([2H])c([2H])c([2H])c3c(-c3ccc(-c4nc5ccccc5n4-c4ccccc4)cc3)c3c([2H])c([2H])c([2H])c([2H])c23)c([2H])c1[2H]. The highest BCUT2D eigenvalue weighted by molar-refractivity contribution is 6.22. The highest BCUT2D eigenvalue weighted by Gasteiger charge is 2.19. The average molecular weight is 612 g/mol. The number of para-hydroxylation sites is 3. The van der Waals surface area contributed by atoms with Gasteiger partial charge < -0.3 is 0 Å². The molecule has 0 aliphatic heterocycles. The number of aromatic nitrogens is 2. The van der Waals surface area contributed by atoms with Crippen LogP contribution in [0.3, 0.4) is 0 Å². The third kappa shape index (κ3) is 4.54. The van der Waals surface area contributed by atoms with E-state index in [1.807, 2.05) is 71.3 Å². The summed E-state index contributed by atoms with van der Waals surface area (Å²) < 4.78 is 118. The Morgan fingerprint density at radius 2 is 0.957 bits per heavy atom. The molecule has 0 radical (unpaired) electrons. The Labute approximate surface area is 292 Å². The topological polar surface area (TPSA) is 17.8 Å². The predicted molar refractivity (Wildman–Crippen MR) is 198 cm³/mol. The molecule has 0 bridgehead atoms. The third-order valence-corrected chi connectivity index (χ3v) is 8.35. The second-order valence-corrected chi connectivity index (χ2v) is 11.0. The van der Waals surface area contributed by atoms with Crippen molar-refractivity contribution < 1.29 is 17.8 Å². The molecule has 47 heavy (non-hydrogen) atoms. The standard InChI is InChI=1S/C45H30N2/c1-3-15-31(16-4-1)35-19-7-8-20-36(35)44-39-23-11-9-21-37(39)43(38-22-10-12-24-40(38)44)32-27-29-33(30-28-32)45-46-41-25-13-14-26-42(41)47(45)34-17-5-2-6-18-34/h1-30H/i1D,3D,4D,9D,10D,11D,12D,15D,16D,21D,22D,23D,24D. The smallest absolute Gasteiger partial charge is 0.145 e. The van der Waals surface area contributed by atoms with E-state index in [0.717, 1.165) is 16.7 Å². The van der Waals surface area contributed by atoms with Gasteiger partial charge in [0.1, 0.15) is 5.82 Å². The van der Waals surface area contributed by atoms with Gasteiger partial charge in [0.25, 0.3) is 0 Å².